The number of aromatic nitrogens is 3. The van der Waals surface area contributed by atoms with Crippen molar-refractivity contribution in [2.45, 2.75) is 64.3 Å². The van der Waals surface area contributed by atoms with Gasteiger partial charge in [-0.1, -0.05) is 26.7 Å². The third kappa shape index (κ3) is 4.75. The van der Waals surface area contributed by atoms with Gasteiger partial charge in [-0.15, -0.1) is 5.10 Å². The van der Waals surface area contributed by atoms with Crippen molar-refractivity contribution >= 4 is 11.3 Å². The summed E-state index contributed by atoms with van der Waals surface area (Å²) in [5.41, 5.74) is 7.12. The maximum Gasteiger partial charge on any atom is 0.327 e. The van der Waals surface area contributed by atoms with E-state index in [4.69, 9.17) is 19.9 Å². The Kier molecular flexibility index (Phi) is 6.98. The van der Waals surface area contributed by atoms with Crippen molar-refractivity contribution in [3.63, 3.8) is 0 Å². The Balaban J connectivity index is 1.74. The Morgan fingerprint density at radius 3 is 2.81 bits per heavy atom. The molecule has 0 bridgehead atoms. The van der Waals surface area contributed by atoms with Gasteiger partial charge in [0.2, 0.25) is 0 Å². The molecule has 0 saturated carbocycles. The van der Waals surface area contributed by atoms with Gasteiger partial charge in [0.05, 0.1) is 18.4 Å². The first-order valence-electron chi connectivity index (χ1n) is 9.79. The first-order chi connectivity index (χ1) is 13.1. The third-order valence-electron chi connectivity index (χ3n) is 4.83. The molecule has 0 aliphatic carbocycles. The molecule has 1 saturated heterocycles. The maximum absolute atomic E-state index is 13.6. The number of anilines is 1. The first-order valence-corrected chi connectivity index (χ1v) is 9.79. The summed E-state index contributed by atoms with van der Waals surface area (Å²) < 4.78 is 33.2. The molecule has 1 aliphatic rings. The number of ether oxygens (including phenoxy) is 3. The summed E-state index contributed by atoms with van der Waals surface area (Å²) >= 11 is 0. The van der Waals surface area contributed by atoms with Crippen LogP contribution in [0.15, 0.2) is 12.1 Å². The van der Waals surface area contributed by atoms with Crippen LogP contribution in [0.2, 0.25) is 0 Å². The van der Waals surface area contributed by atoms with E-state index in [9.17, 15) is 4.39 Å². The predicted octanol–water partition coefficient (Wildman–Crippen LogP) is 3.28. The van der Waals surface area contributed by atoms with Crippen LogP contribution in [-0.2, 0) is 14.2 Å². The minimum absolute atomic E-state index is 0.0576. The van der Waals surface area contributed by atoms with E-state index >= 15 is 0 Å². The summed E-state index contributed by atoms with van der Waals surface area (Å²) in [6.45, 7) is 6.16. The lowest BCUT2D eigenvalue weighted by Crippen LogP contribution is -2.29. The zero-order valence-corrected chi connectivity index (χ0v) is 16.1. The number of hydrogen-bond acceptors (Lipinski definition) is 6. The number of nitrogens with zero attached hydrogens (tertiary/aromatic N) is 3. The van der Waals surface area contributed by atoms with E-state index in [2.05, 4.69) is 23.9 Å². The largest absolute Gasteiger partial charge is 0.382 e. The zero-order valence-electron chi connectivity index (χ0n) is 16.1. The molecule has 3 atom stereocenters. The Labute approximate surface area is 159 Å². The summed E-state index contributed by atoms with van der Waals surface area (Å²) in [7, 11) is 0. The molecule has 0 spiro atoms. The van der Waals surface area contributed by atoms with Crippen LogP contribution in [0.25, 0.3) is 5.52 Å². The molecule has 7 nitrogen and oxygen atoms in total. The van der Waals surface area contributed by atoms with E-state index in [1.807, 2.05) is 6.07 Å². The van der Waals surface area contributed by atoms with Crippen molar-refractivity contribution in [1.29, 1.82) is 0 Å². The van der Waals surface area contributed by atoms with Gasteiger partial charge in [0.1, 0.15) is 17.7 Å². The van der Waals surface area contributed by atoms with Crippen molar-refractivity contribution in [1.82, 2.24) is 14.6 Å². The molecule has 8 heteroatoms. The van der Waals surface area contributed by atoms with E-state index in [-0.39, 0.29) is 24.1 Å². The van der Waals surface area contributed by atoms with Gasteiger partial charge >= 0.3 is 6.08 Å². The van der Waals surface area contributed by atoms with Gasteiger partial charge < -0.3 is 19.9 Å². The highest BCUT2D eigenvalue weighted by Gasteiger charge is 2.38. The molecule has 2 aromatic heterocycles. The van der Waals surface area contributed by atoms with Crippen LogP contribution < -0.4 is 5.73 Å². The predicted molar refractivity (Wildman–Crippen MR) is 100.0 cm³/mol. The summed E-state index contributed by atoms with van der Waals surface area (Å²) in [6.07, 6.45) is 3.54. The molecular weight excluding hydrogens is 351 g/mol. The lowest BCUT2D eigenvalue weighted by atomic mass is 10.1. The number of hydrogen-bond donors (Lipinski definition) is 1. The van der Waals surface area contributed by atoms with Crippen LogP contribution in [0.3, 0.4) is 0 Å². The summed E-state index contributed by atoms with van der Waals surface area (Å²) in [4.78, 5) is 3.57. The zero-order chi connectivity index (χ0) is 19.2. The maximum atomic E-state index is 13.6. The van der Waals surface area contributed by atoms with Gasteiger partial charge in [-0.25, -0.2) is 4.52 Å². The number of halogens is 1. The summed E-state index contributed by atoms with van der Waals surface area (Å²) in [5, 5.41) is 3.86. The normalized spacial score (nSPS) is 22.7. The number of unbranched alkanes of at least 4 members (excludes halogenated alkanes) is 2. The summed E-state index contributed by atoms with van der Waals surface area (Å²) in [6, 6.07) is 3.64. The number of nitrogen functional groups attached to an aromatic ring is 1. The molecule has 3 rings (SSSR count). The fraction of sp³-hybridized carbons (Fsp3) is 0.684. The molecule has 2 N–H and O–H groups in total. The number of rotatable bonds is 10. The Morgan fingerprint density at radius 2 is 2.04 bits per heavy atom. The van der Waals surface area contributed by atoms with E-state index < -0.39 is 6.08 Å². The second kappa shape index (κ2) is 9.43. The van der Waals surface area contributed by atoms with Gasteiger partial charge in [0, 0.05) is 19.6 Å². The Hall–Kier alpha value is -1.77. The molecule has 150 valence electrons. The molecule has 0 unspecified atom stereocenters. The highest BCUT2D eigenvalue weighted by atomic mass is 19.1. The smallest absolute Gasteiger partial charge is 0.327 e. The van der Waals surface area contributed by atoms with E-state index in [1.165, 1.54) is 4.52 Å². The lowest BCUT2D eigenvalue weighted by Gasteiger charge is -2.19. The van der Waals surface area contributed by atoms with Crippen LogP contribution in [0.4, 0.5) is 10.2 Å². The molecule has 3 heterocycles. The quantitative estimate of drug-likeness (QED) is 0.637. The standard InChI is InChI=1S/C19H29FN4O3/c1-3-5-9-25-12-17-16(26-10-6-4-2)11-15(27-17)13-7-8-14-18(21)22-19(20)23-24(13)14/h7-8,15-17H,3-6,9-12H2,1-2H3,(H2,21,22,23)/t15-,16+,17-/m1/s1. The lowest BCUT2D eigenvalue weighted by molar-refractivity contribution is -0.0657. The fourth-order valence-electron chi connectivity index (χ4n) is 3.31. The van der Waals surface area contributed by atoms with Gasteiger partial charge in [0.25, 0.3) is 0 Å². The molecule has 0 radical (unpaired) electrons. The van der Waals surface area contributed by atoms with Crippen LogP contribution in [-0.4, -0.2) is 46.6 Å². The second-order valence-corrected chi connectivity index (χ2v) is 6.91. The highest BCUT2D eigenvalue weighted by Crippen LogP contribution is 2.36. The molecule has 0 amide bonds. The first kappa shape index (κ1) is 20.0. The molecule has 27 heavy (non-hydrogen) atoms. The molecule has 1 fully saturated rings. The van der Waals surface area contributed by atoms with Crippen molar-refractivity contribution in [3.05, 3.63) is 23.9 Å². The Morgan fingerprint density at radius 1 is 1.26 bits per heavy atom. The van der Waals surface area contributed by atoms with Crippen molar-refractivity contribution in [2.75, 3.05) is 25.6 Å². The van der Waals surface area contributed by atoms with Crippen LogP contribution in [0.1, 0.15) is 57.7 Å². The van der Waals surface area contributed by atoms with Crippen LogP contribution in [0.5, 0.6) is 0 Å². The number of nitrogens with two attached hydrogens (primary N) is 1. The van der Waals surface area contributed by atoms with Crippen LogP contribution >= 0.6 is 0 Å². The average Bonchev–Trinajstić information content (AvgIpc) is 3.23. The second-order valence-electron chi connectivity index (χ2n) is 6.91. The van der Waals surface area contributed by atoms with Gasteiger partial charge in [-0.3, -0.25) is 0 Å². The monoisotopic (exact) mass is 380 g/mol. The van der Waals surface area contributed by atoms with Crippen molar-refractivity contribution in [3.8, 4) is 0 Å². The Bertz CT molecular complexity index is 739. The molecule has 2 aromatic rings. The highest BCUT2D eigenvalue weighted by molar-refractivity contribution is 5.65. The molecular formula is C19H29FN4O3. The average molecular weight is 380 g/mol. The third-order valence-corrected chi connectivity index (χ3v) is 4.83. The van der Waals surface area contributed by atoms with Gasteiger partial charge in [-0.05, 0) is 25.0 Å². The van der Waals surface area contributed by atoms with Crippen molar-refractivity contribution in [2.24, 2.45) is 0 Å². The molecule has 1 aliphatic heterocycles. The van der Waals surface area contributed by atoms with E-state index in [0.717, 1.165) is 31.4 Å². The van der Waals surface area contributed by atoms with Crippen molar-refractivity contribution < 1.29 is 18.6 Å². The topological polar surface area (TPSA) is 83.9 Å². The van der Waals surface area contributed by atoms with E-state index in [1.54, 1.807) is 6.07 Å². The summed E-state index contributed by atoms with van der Waals surface area (Å²) in [5.74, 6) is 0.113. The minimum atomic E-state index is -0.856. The fourth-order valence-corrected chi connectivity index (χ4v) is 3.31. The van der Waals surface area contributed by atoms with E-state index in [0.29, 0.717) is 31.8 Å². The molecule has 0 aromatic carbocycles. The minimum Gasteiger partial charge on any atom is -0.382 e. The van der Waals surface area contributed by atoms with Crippen LogP contribution in [0, 0.1) is 6.08 Å². The number of fused-ring (bicyclic) bond motifs is 1. The SMILES string of the molecule is CCCCOC[C@H]1O[C@@H](c2ccc3c(N)nc(F)nn23)C[C@@H]1OCCCC. The van der Waals surface area contributed by atoms with Gasteiger partial charge in [0.15, 0.2) is 5.82 Å². The van der Waals surface area contributed by atoms with Gasteiger partial charge in [-0.2, -0.15) is 9.37 Å².